The predicted octanol–water partition coefficient (Wildman–Crippen LogP) is 11.4. The molecule has 1 fully saturated rings. The molecule has 78 heavy (non-hydrogen) atoms. The fourth-order valence-corrected chi connectivity index (χ4v) is 12.1. The van der Waals surface area contributed by atoms with Crippen molar-refractivity contribution in [3.8, 4) is 28.7 Å². The van der Waals surface area contributed by atoms with Gasteiger partial charge in [0.05, 0.1) is 58.6 Å². The lowest BCUT2D eigenvalue weighted by molar-refractivity contribution is -0.116. The van der Waals surface area contributed by atoms with Crippen molar-refractivity contribution in [2.45, 2.75) is 95.4 Å². The normalized spacial score (nSPS) is 16.5. The number of nitrogens with zero attached hydrogens (tertiary/aromatic N) is 7. The summed E-state index contributed by atoms with van der Waals surface area (Å²) < 4.78 is 49.1. The van der Waals surface area contributed by atoms with Gasteiger partial charge in [0.1, 0.15) is 41.6 Å². The van der Waals surface area contributed by atoms with Crippen LogP contribution in [0.15, 0.2) is 140 Å². The van der Waals surface area contributed by atoms with Crippen molar-refractivity contribution < 1.29 is 42.3 Å². The number of methoxy groups -OCH3 is 2. The van der Waals surface area contributed by atoms with Gasteiger partial charge >= 0.3 is 6.09 Å². The molecule has 0 spiro atoms. The summed E-state index contributed by atoms with van der Waals surface area (Å²) in [5, 5.41) is 12.4. The topological polar surface area (TPSA) is 185 Å². The zero-order valence-electron chi connectivity index (χ0n) is 45.2. The van der Waals surface area contributed by atoms with Crippen molar-refractivity contribution in [2.75, 3.05) is 52.9 Å². The van der Waals surface area contributed by atoms with Crippen molar-refractivity contribution >= 4 is 37.6 Å². The number of nitriles is 1. The Hall–Kier alpha value is -7.29. The minimum Gasteiger partial charge on any atom is -0.497 e. The monoisotopic (exact) mass is 1070 g/mol. The van der Waals surface area contributed by atoms with Crippen LogP contribution in [-0.4, -0.2) is 113 Å². The summed E-state index contributed by atoms with van der Waals surface area (Å²) in [6.07, 6.45) is 1.86. The molecule has 9 rings (SSSR count). The molecule has 2 aliphatic rings. The van der Waals surface area contributed by atoms with E-state index in [-0.39, 0.29) is 62.5 Å². The van der Waals surface area contributed by atoms with Gasteiger partial charge in [-0.2, -0.15) is 10.2 Å². The molecule has 0 bridgehead atoms. The summed E-state index contributed by atoms with van der Waals surface area (Å²) in [7, 11) is 3.24. The number of amides is 2. The molecule has 4 atom stereocenters. The Morgan fingerprint density at radius 2 is 1.42 bits per heavy atom. The molecule has 2 amide bonds. The van der Waals surface area contributed by atoms with Crippen LogP contribution in [-0.2, 0) is 33.7 Å². The van der Waals surface area contributed by atoms with Crippen LogP contribution in [0.5, 0.6) is 11.5 Å². The van der Waals surface area contributed by atoms with E-state index in [1.165, 1.54) is 4.90 Å². The highest BCUT2D eigenvalue weighted by atomic mass is 31.2. The third kappa shape index (κ3) is 12.2. The lowest BCUT2D eigenvalue weighted by atomic mass is 9.80. The number of carbonyl (C=O) groups is 2. The Bertz CT molecular complexity index is 3070. The molecule has 1 aliphatic heterocycles. The molecule has 406 valence electrons. The quantitative estimate of drug-likeness (QED) is 0.0342. The van der Waals surface area contributed by atoms with E-state index in [1.807, 2.05) is 108 Å². The maximum atomic E-state index is 13.4. The van der Waals surface area contributed by atoms with Gasteiger partial charge in [0, 0.05) is 44.4 Å². The van der Waals surface area contributed by atoms with Gasteiger partial charge < -0.3 is 37.6 Å². The number of nitrogens with one attached hydrogen (secondary N) is 1. The number of carbonyl (C=O) groups excluding carboxylic acids is 2. The maximum absolute atomic E-state index is 13.4. The zero-order valence-corrected chi connectivity index (χ0v) is 46.0. The van der Waals surface area contributed by atoms with Gasteiger partial charge in [-0.1, -0.05) is 103 Å². The molecule has 1 N–H and O–H groups in total. The average Bonchev–Trinajstić information content (AvgIpc) is 4.32. The molecule has 2 aromatic heterocycles. The van der Waals surface area contributed by atoms with E-state index in [1.54, 1.807) is 33.8 Å². The van der Waals surface area contributed by atoms with Crippen molar-refractivity contribution in [2.24, 2.45) is 0 Å². The summed E-state index contributed by atoms with van der Waals surface area (Å²) in [5.74, 6) is 1.12. The Kier molecular flexibility index (Phi) is 18.1. The van der Waals surface area contributed by atoms with Crippen LogP contribution in [0.4, 0.5) is 10.7 Å². The lowest BCUT2D eigenvalue weighted by Crippen LogP contribution is -2.39. The number of fused-ring (bicyclic) bond motifs is 4. The second-order valence-corrected chi connectivity index (χ2v) is 21.2. The number of aromatic nitrogens is 4. The fourth-order valence-electron chi connectivity index (χ4n) is 10.4. The standard InChI is InChI=1S/C60H67N8O9P/c1-40(2)68(41(3)4)78(75-34-16-32-61)77-53-35-56(76-54(53)38-74-60(42-17-9-8-10-18-42,43-24-28-45(71-6)29-25-43)44-26-30-46(72-7)31-27-44)67-39-63-52-36-62-58(65-57(52)67)64-55(69)23-15-33-66(5)59(70)73-37-51-49-21-13-11-19-47(49)48-20-12-14-22-50(48)51/h8-14,17-22,24-31,36,39-41,51,53-54,56H,15-16,23,33-35,37-38H2,1-7H3,(H,62,64,65,69)/t53?,54-,56-,78?/m1/s1. The van der Waals surface area contributed by atoms with Crippen LogP contribution >= 0.6 is 8.53 Å². The van der Waals surface area contributed by atoms with Crippen LogP contribution in [0.25, 0.3) is 22.3 Å². The van der Waals surface area contributed by atoms with Gasteiger partial charge in [0.2, 0.25) is 11.9 Å². The van der Waals surface area contributed by atoms with E-state index < -0.39 is 38.7 Å². The molecule has 1 aliphatic carbocycles. The SMILES string of the molecule is COc1ccc(C(OC[C@H]2O[C@@H](n3cnc4cnc(NC(=O)CCCN(C)C(=O)OCC5c6ccccc6-c6ccccc65)nc43)CC2OP(OCCC#N)N(C(C)C)C(C)C)(c2ccccc2)c2ccc(OC)cc2)cc1. The van der Waals surface area contributed by atoms with E-state index >= 15 is 0 Å². The molecule has 0 saturated carbocycles. The molecule has 18 heteroatoms. The first kappa shape index (κ1) is 55.5. The number of anilines is 1. The van der Waals surface area contributed by atoms with E-state index in [0.717, 1.165) is 38.9 Å². The first-order valence-corrected chi connectivity index (χ1v) is 27.5. The molecule has 5 aromatic carbocycles. The molecule has 2 unspecified atom stereocenters. The van der Waals surface area contributed by atoms with Gasteiger partial charge in [-0.15, -0.1) is 0 Å². The van der Waals surface area contributed by atoms with Crippen LogP contribution in [0, 0.1) is 11.3 Å². The van der Waals surface area contributed by atoms with Gasteiger partial charge in [0.25, 0.3) is 8.53 Å². The van der Waals surface area contributed by atoms with Crippen molar-refractivity contribution in [1.82, 2.24) is 29.1 Å². The number of imidazole rings is 1. The van der Waals surface area contributed by atoms with E-state index in [9.17, 15) is 14.9 Å². The van der Waals surface area contributed by atoms with Gasteiger partial charge in [-0.05, 0) is 97.3 Å². The average molecular weight is 1080 g/mol. The van der Waals surface area contributed by atoms with Crippen molar-refractivity contribution in [3.05, 3.63) is 168 Å². The summed E-state index contributed by atoms with van der Waals surface area (Å²) >= 11 is 0. The third-order valence-corrected chi connectivity index (χ3v) is 16.3. The Balaban J connectivity index is 0.933. The number of ether oxygens (including phenoxy) is 5. The zero-order chi connectivity index (χ0) is 54.8. The first-order valence-electron chi connectivity index (χ1n) is 26.4. The third-order valence-electron chi connectivity index (χ3n) is 14.1. The summed E-state index contributed by atoms with van der Waals surface area (Å²) in [6, 6.07) is 44.5. The van der Waals surface area contributed by atoms with Gasteiger partial charge in [0.15, 0.2) is 5.65 Å². The molecule has 7 aromatic rings. The Morgan fingerprint density at radius 1 is 0.821 bits per heavy atom. The largest absolute Gasteiger partial charge is 0.497 e. The first-order chi connectivity index (χ1) is 37.9. The number of rotatable bonds is 24. The van der Waals surface area contributed by atoms with Crippen LogP contribution in [0.3, 0.4) is 0 Å². The van der Waals surface area contributed by atoms with E-state index in [4.69, 9.17) is 37.7 Å². The summed E-state index contributed by atoms with van der Waals surface area (Å²) in [6.45, 7) is 9.13. The molecule has 1 saturated heterocycles. The highest BCUT2D eigenvalue weighted by molar-refractivity contribution is 7.44. The van der Waals surface area contributed by atoms with Crippen molar-refractivity contribution in [1.29, 1.82) is 5.26 Å². The Morgan fingerprint density at radius 3 is 2.03 bits per heavy atom. The fraction of sp³-hybridized carbons (Fsp3) is 0.367. The highest BCUT2D eigenvalue weighted by Crippen LogP contribution is 2.51. The minimum atomic E-state index is -1.70. The molecule has 17 nitrogen and oxygen atoms in total. The smallest absolute Gasteiger partial charge is 0.409 e. The Labute approximate surface area is 457 Å². The molecule has 0 radical (unpaired) electrons. The second kappa shape index (κ2) is 25.5. The van der Waals surface area contributed by atoms with Gasteiger partial charge in [-0.25, -0.2) is 19.4 Å². The number of hydrogen-bond acceptors (Lipinski definition) is 14. The predicted molar refractivity (Wildman–Crippen MR) is 298 cm³/mol. The molecular formula is C60H67N8O9P. The minimum absolute atomic E-state index is 0.0482. The van der Waals surface area contributed by atoms with Crippen LogP contribution in [0.1, 0.15) is 93.3 Å². The van der Waals surface area contributed by atoms with Crippen LogP contribution in [0.2, 0.25) is 0 Å². The van der Waals surface area contributed by atoms with E-state index in [0.29, 0.717) is 42.0 Å². The number of benzene rings is 5. The van der Waals surface area contributed by atoms with Crippen LogP contribution < -0.4 is 14.8 Å². The molecular weight excluding hydrogens is 1010 g/mol. The lowest BCUT2D eigenvalue weighted by Gasteiger charge is -2.39. The highest BCUT2D eigenvalue weighted by Gasteiger charge is 2.45. The number of hydrogen-bond donors (Lipinski definition) is 1. The van der Waals surface area contributed by atoms with E-state index in [2.05, 4.69) is 78.0 Å². The summed E-state index contributed by atoms with van der Waals surface area (Å²) in [4.78, 5) is 42.0. The van der Waals surface area contributed by atoms with Crippen molar-refractivity contribution in [3.63, 3.8) is 0 Å². The second-order valence-electron chi connectivity index (χ2n) is 19.8. The van der Waals surface area contributed by atoms with Gasteiger partial charge in [-0.3, -0.25) is 14.7 Å². The summed E-state index contributed by atoms with van der Waals surface area (Å²) in [5.41, 5.74) is 6.96. The maximum Gasteiger partial charge on any atom is 0.409 e. The molecule has 3 heterocycles.